The van der Waals surface area contributed by atoms with Gasteiger partial charge in [-0.3, -0.25) is 4.72 Å². The van der Waals surface area contributed by atoms with Crippen LogP contribution in [0, 0.1) is 0 Å². The Morgan fingerprint density at radius 1 is 1.17 bits per heavy atom. The number of aliphatic hydroxyl groups is 3. The molecule has 14 heteroatoms. The van der Waals surface area contributed by atoms with E-state index in [4.69, 9.17) is 0 Å². The van der Waals surface area contributed by atoms with Gasteiger partial charge in [0.05, 0.1) is 18.4 Å². The smallest absolute Gasteiger partial charge is 0.229 e. The van der Waals surface area contributed by atoms with Crippen LogP contribution in [-0.2, 0) is 10.0 Å². The minimum atomic E-state index is -3.37. The Bertz CT molecular complexity index is 1370. The minimum absolute atomic E-state index is 0.0616. The fraction of sp³-hybridized carbons (Fsp3) is 0.545. The molecule has 12 nitrogen and oxygen atoms in total. The number of aliphatic hydroxyl groups excluding tert-OH is 3. The molecule has 6 unspecified atom stereocenters. The molecule has 1 aromatic carbocycles. The fourth-order valence-electron chi connectivity index (χ4n) is 4.56. The lowest BCUT2D eigenvalue weighted by Gasteiger charge is -2.16. The average Bonchev–Trinajstić information content (AvgIpc) is 3.39. The van der Waals surface area contributed by atoms with E-state index in [1.807, 2.05) is 18.2 Å². The third-order valence-corrected chi connectivity index (χ3v) is 8.06. The predicted octanol–water partition coefficient (Wildman–Crippen LogP) is 1.09. The summed E-state index contributed by atoms with van der Waals surface area (Å²) in [6, 6.07) is 6.73. The number of nitrogens with zero attached hydrogens (tertiary/aromatic N) is 5. The van der Waals surface area contributed by atoms with Gasteiger partial charge in [0.25, 0.3) is 0 Å². The lowest BCUT2D eigenvalue weighted by atomic mass is 10.1. The van der Waals surface area contributed by atoms with Crippen LogP contribution in [0.5, 0.6) is 0 Å². The minimum Gasteiger partial charge on any atom is -0.390 e. The SMILES string of the molecule is CCCSc1nc(NC2CC2c2cccc(NS(C)(=O)=O)c2)c2nnn(C3CC(O)C(O)C3O)c2n1. The van der Waals surface area contributed by atoms with Gasteiger partial charge in [-0.1, -0.05) is 36.0 Å². The zero-order valence-corrected chi connectivity index (χ0v) is 21.4. The number of anilines is 2. The summed E-state index contributed by atoms with van der Waals surface area (Å²) in [5, 5.41) is 42.9. The van der Waals surface area contributed by atoms with E-state index in [1.54, 1.807) is 6.07 Å². The van der Waals surface area contributed by atoms with Crippen LogP contribution in [0.1, 0.15) is 43.7 Å². The Hall–Kier alpha value is -2.52. The molecule has 2 aromatic heterocycles. The van der Waals surface area contributed by atoms with Crippen molar-refractivity contribution >= 4 is 44.5 Å². The van der Waals surface area contributed by atoms with Crippen molar-refractivity contribution in [2.75, 3.05) is 22.0 Å². The number of sulfonamides is 1. The van der Waals surface area contributed by atoms with Crippen LogP contribution in [0.25, 0.3) is 11.2 Å². The van der Waals surface area contributed by atoms with Crippen molar-refractivity contribution in [3.8, 4) is 0 Å². The second-order valence-electron chi connectivity index (χ2n) is 9.35. The largest absolute Gasteiger partial charge is 0.390 e. The molecule has 0 saturated heterocycles. The monoisotopic (exact) mass is 535 g/mol. The molecular formula is C22H29N7O5S2. The average molecular weight is 536 g/mol. The zero-order chi connectivity index (χ0) is 25.6. The quantitative estimate of drug-likeness (QED) is 0.196. The van der Waals surface area contributed by atoms with Gasteiger partial charge in [-0.2, -0.15) is 0 Å². The molecule has 3 aromatic rings. The second-order valence-corrected chi connectivity index (χ2v) is 12.2. The molecule has 2 saturated carbocycles. The summed E-state index contributed by atoms with van der Waals surface area (Å²) >= 11 is 1.50. The van der Waals surface area contributed by atoms with Crippen molar-refractivity contribution in [1.29, 1.82) is 0 Å². The van der Waals surface area contributed by atoms with Gasteiger partial charge in [-0.15, -0.1) is 5.10 Å². The first-order valence-electron chi connectivity index (χ1n) is 11.8. The van der Waals surface area contributed by atoms with Crippen LogP contribution in [-0.4, -0.2) is 85.1 Å². The molecular weight excluding hydrogens is 506 g/mol. The lowest BCUT2D eigenvalue weighted by Crippen LogP contribution is -2.31. The van der Waals surface area contributed by atoms with Crippen molar-refractivity contribution < 1.29 is 23.7 Å². The normalized spacial score (nSPS) is 27.9. The van der Waals surface area contributed by atoms with Crippen molar-refractivity contribution in [2.45, 2.75) is 67.7 Å². The molecule has 0 bridgehead atoms. The topological polar surface area (TPSA) is 175 Å². The molecule has 2 aliphatic rings. The van der Waals surface area contributed by atoms with Crippen LogP contribution in [0.3, 0.4) is 0 Å². The molecule has 2 fully saturated rings. The van der Waals surface area contributed by atoms with Crippen molar-refractivity contribution in [1.82, 2.24) is 25.0 Å². The van der Waals surface area contributed by atoms with Crippen LogP contribution < -0.4 is 10.0 Å². The number of hydrogen-bond donors (Lipinski definition) is 5. The molecule has 0 spiro atoms. The van der Waals surface area contributed by atoms with Gasteiger partial charge in [0.15, 0.2) is 22.1 Å². The maximum atomic E-state index is 11.6. The molecule has 2 aliphatic carbocycles. The van der Waals surface area contributed by atoms with Gasteiger partial charge in [-0.05, 0) is 30.5 Å². The number of benzene rings is 1. The number of hydrogen-bond acceptors (Lipinski definition) is 11. The van der Waals surface area contributed by atoms with Crippen LogP contribution in [0.15, 0.2) is 29.4 Å². The number of fused-ring (bicyclic) bond motifs is 1. The van der Waals surface area contributed by atoms with E-state index in [-0.39, 0.29) is 18.4 Å². The second kappa shape index (κ2) is 9.74. The predicted molar refractivity (Wildman–Crippen MR) is 135 cm³/mol. The number of aromatic nitrogens is 5. The standard InChI is InChI=1S/C22H29N7O5S2/c1-3-7-35-22-24-20(17-21(25-22)29(28-26-17)15-10-16(30)19(32)18(15)31)23-14-9-13(14)11-5-4-6-12(8-11)27-36(2,33)34/h4-6,8,13-16,18-19,27,30-32H,3,7,9-10H2,1-2H3,(H,23,24,25). The summed E-state index contributed by atoms with van der Waals surface area (Å²) in [4.78, 5) is 9.30. The highest BCUT2D eigenvalue weighted by Crippen LogP contribution is 2.44. The molecule has 0 aliphatic heterocycles. The Kier molecular flexibility index (Phi) is 6.80. The summed E-state index contributed by atoms with van der Waals surface area (Å²) in [5.74, 6) is 1.51. The highest BCUT2D eigenvalue weighted by molar-refractivity contribution is 7.99. The van der Waals surface area contributed by atoms with E-state index in [2.05, 4.69) is 37.2 Å². The zero-order valence-electron chi connectivity index (χ0n) is 19.8. The van der Waals surface area contributed by atoms with Crippen LogP contribution in [0.2, 0.25) is 0 Å². The molecule has 0 amide bonds. The van der Waals surface area contributed by atoms with Crippen molar-refractivity contribution in [2.24, 2.45) is 0 Å². The van der Waals surface area contributed by atoms with Gasteiger partial charge in [-0.25, -0.2) is 23.1 Å². The Balaban J connectivity index is 1.42. The van der Waals surface area contributed by atoms with E-state index in [9.17, 15) is 23.7 Å². The maximum Gasteiger partial charge on any atom is 0.229 e. The Morgan fingerprint density at radius 2 is 1.97 bits per heavy atom. The van der Waals surface area contributed by atoms with Crippen LogP contribution >= 0.6 is 11.8 Å². The van der Waals surface area contributed by atoms with E-state index >= 15 is 0 Å². The molecule has 0 radical (unpaired) electrons. The van der Waals surface area contributed by atoms with E-state index in [0.29, 0.717) is 27.8 Å². The Labute approximate surface area is 212 Å². The molecule has 6 atom stereocenters. The first-order chi connectivity index (χ1) is 17.1. The third-order valence-electron chi connectivity index (χ3n) is 6.40. The first kappa shape index (κ1) is 25.1. The van der Waals surface area contributed by atoms with Crippen molar-refractivity contribution in [3.63, 3.8) is 0 Å². The molecule has 194 valence electrons. The van der Waals surface area contributed by atoms with E-state index < -0.39 is 34.4 Å². The third kappa shape index (κ3) is 5.13. The summed E-state index contributed by atoms with van der Waals surface area (Å²) in [6.07, 6.45) is -0.486. The van der Waals surface area contributed by atoms with Gasteiger partial charge in [0.2, 0.25) is 10.0 Å². The number of thioether (sulfide) groups is 1. The molecule has 36 heavy (non-hydrogen) atoms. The molecule has 2 heterocycles. The summed E-state index contributed by atoms with van der Waals surface area (Å²) < 4.78 is 27.2. The van der Waals surface area contributed by atoms with Gasteiger partial charge in [0, 0.05) is 29.8 Å². The fourth-order valence-corrected chi connectivity index (χ4v) is 5.81. The van der Waals surface area contributed by atoms with Gasteiger partial charge < -0.3 is 20.6 Å². The summed E-state index contributed by atoms with van der Waals surface area (Å²) in [5.41, 5.74) is 2.39. The highest BCUT2D eigenvalue weighted by Gasteiger charge is 2.44. The highest BCUT2D eigenvalue weighted by atomic mass is 32.2. The lowest BCUT2D eigenvalue weighted by molar-refractivity contribution is -0.0253. The Morgan fingerprint density at radius 3 is 2.67 bits per heavy atom. The summed E-state index contributed by atoms with van der Waals surface area (Å²) in [6.45, 7) is 2.07. The summed E-state index contributed by atoms with van der Waals surface area (Å²) in [7, 11) is -3.37. The first-order valence-corrected chi connectivity index (χ1v) is 14.7. The van der Waals surface area contributed by atoms with Gasteiger partial charge in [0.1, 0.15) is 12.2 Å². The molecule has 5 rings (SSSR count). The van der Waals surface area contributed by atoms with Crippen molar-refractivity contribution in [3.05, 3.63) is 29.8 Å². The van der Waals surface area contributed by atoms with Crippen LogP contribution in [0.4, 0.5) is 11.5 Å². The van der Waals surface area contributed by atoms with E-state index in [0.717, 1.165) is 30.4 Å². The molecule has 5 N–H and O–H groups in total. The number of rotatable bonds is 9. The maximum absolute atomic E-state index is 11.6. The number of nitrogens with one attached hydrogen (secondary N) is 2. The van der Waals surface area contributed by atoms with Gasteiger partial charge >= 0.3 is 0 Å². The van der Waals surface area contributed by atoms with E-state index in [1.165, 1.54) is 16.4 Å².